The van der Waals surface area contributed by atoms with E-state index in [1.807, 2.05) is 0 Å². The minimum atomic E-state index is -0.280. The highest BCUT2D eigenvalue weighted by atomic mass is 16.2. The maximum Gasteiger partial charge on any atom is 0.236 e. The summed E-state index contributed by atoms with van der Waals surface area (Å²) in [4.78, 5) is 10.9. The maximum atomic E-state index is 10.9. The van der Waals surface area contributed by atoms with Crippen LogP contribution in [0.2, 0.25) is 0 Å². The molecule has 1 rings (SSSR count). The predicted octanol–water partition coefficient (Wildman–Crippen LogP) is -0.140. The van der Waals surface area contributed by atoms with Crippen molar-refractivity contribution < 1.29 is 4.79 Å². The Labute approximate surface area is 61.0 Å². The molecule has 1 amide bonds. The molecule has 58 valence electrons. The number of carbonyl (C=O) groups excluding carboxylic acids is 1. The van der Waals surface area contributed by atoms with Gasteiger partial charge in [-0.05, 0) is 18.8 Å². The zero-order valence-electron chi connectivity index (χ0n) is 6.26. The molecule has 1 heterocycles. The summed E-state index contributed by atoms with van der Waals surface area (Å²) in [6.07, 6.45) is 1.88. The number of rotatable bonds is 0. The van der Waals surface area contributed by atoms with E-state index >= 15 is 0 Å². The fourth-order valence-corrected chi connectivity index (χ4v) is 1.23. The van der Waals surface area contributed by atoms with Crippen LogP contribution in [0.15, 0.2) is 0 Å². The Balaban J connectivity index is 2.49. The van der Waals surface area contributed by atoms with Crippen molar-refractivity contribution in [3.63, 3.8) is 0 Å². The van der Waals surface area contributed by atoms with Crippen molar-refractivity contribution in [2.75, 3.05) is 6.54 Å². The molecule has 0 saturated carbocycles. The van der Waals surface area contributed by atoms with Gasteiger partial charge in [0.25, 0.3) is 0 Å². The maximum absolute atomic E-state index is 10.9. The van der Waals surface area contributed by atoms with Gasteiger partial charge in [-0.15, -0.1) is 0 Å². The third-order valence-corrected chi connectivity index (χ3v) is 1.93. The molecular weight excluding hydrogens is 128 g/mol. The molecule has 0 spiro atoms. The summed E-state index contributed by atoms with van der Waals surface area (Å²) in [5, 5.41) is 2.76. The molecule has 0 unspecified atom stereocenters. The topological polar surface area (TPSA) is 55.1 Å². The SMILES string of the molecule is C[C@H]1CCNC(=O)[C@H](N)C1. The molecule has 0 aromatic carbocycles. The first-order valence-electron chi connectivity index (χ1n) is 3.73. The normalized spacial score (nSPS) is 34.8. The minimum Gasteiger partial charge on any atom is -0.355 e. The molecule has 1 saturated heterocycles. The molecule has 10 heavy (non-hydrogen) atoms. The second-order valence-corrected chi connectivity index (χ2v) is 3.03. The van der Waals surface area contributed by atoms with E-state index < -0.39 is 0 Å². The van der Waals surface area contributed by atoms with Gasteiger partial charge in [0.15, 0.2) is 0 Å². The molecule has 1 aliphatic heterocycles. The summed E-state index contributed by atoms with van der Waals surface area (Å²) in [5.74, 6) is 0.582. The van der Waals surface area contributed by atoms with Crippen LogP contribution < -0.4 is 11.1 Å². The van der Waals surface area contributed by atoms with E-state index in [1.54, 1.807) is 0 Å². The van der Waals surface area contributed by atoms with Crippen LogP contribution >= 0.6 is 0 Å². The molecule has 0 aromatic rings. The van der Waals surface area contributed by atoms with Crippen molar-refractivity contribution in [3.05, 3.63) is 0 Å². The number of hydrogen-bond donors (Lipinski definition) is 2. The Bertz CT molecular complexity index is 136. The predicted molar refractivity (Wildman–Crippen MR) is 39.4 cm³/mol. The van der Waals surface area contributed by atoms with Gasteiger partial charge in [0, 0.05) is 6.54 Å². The molecule has 3 nitrogen and oxygen atoms in total. The first-order valence-corrected chi connectivity index (χ1v) is 3.73. The van der Waals surface area contributed by atoms with Gasteiger partial charge in [0.05, 0.1) is 6.04 Å². The van der Waals surface area contributed by atoms with Crippen LogP contribution in [0.4, 0.5) is 0 Å². The van der Waals surface area contributed by atoms with Gasteiger partial charge < -0.3 is 11.1 Å². The van der Waals surface area contributed by atoms with Gasteiger partial charge in [-0.1, -0.05) is 6.92 Å². The van der Waals surface area contributed by atoms with E-state index in [1.165, 1.54) is 0 Å². The lowest BCUT2D eigenvalue weighted by molar-refractivity contribution is -0.122. The molecule has 0 bridgehead atoms. The summed E-state index contributed by atoms with van der Waals surface area (Å²) in [6, 6.07) is -0.280. The minimum absolute atomic E-state index is 0.00403. The number of hydrogen-bond acceptors (Lipinski definition) is 2. The average molecular weight is 142 g/mol. The quantitative estimate of drug-likeness (QED) is 0.494. The summed E-state index contributed by atoms with van der Waals surface area (Å²) in [7, 11) is 0. The number of nitrogens with one attached hydrogen (secondary N) is 1. The molecule has 1 fully saturated rings. The van der Waals surface area contributed by atoms with Gasteiger partial charge in [0.2, 0.25) is 5.91 Å². The van der Waals surface area contributed by atoms with E-state index in [4.69, 9.17) is 5.73 Å². The standard InChI is InChI=1S/C7H14N2O/c1-5-2-3-9-7(10)6(8)4-5/h5-6H,2-4,8H2,1H3,(H,9,10)/t5-,6+/m0/s1. The van der Waals surface area contributed by atoms with Crippen molar-refractivity contribution in [2.24, 2.45) is 11.7 Å². The third kappa shape index (κ3) is 1.70. The zero-order chi connectivity index (χ0) is 7.56. The molecule has 0 radical (unpaired) electrons. The first-order chi connectivity index (χ1) is 4.70. The number of carbonyl (C=O) groups is 1. The van der Waals surface area contributed by atoms with Crippen molar-refractivity contribution >= 4 is 5.91 Å². The summed E-state index contributed by atoms with van der Waals surface area (Å²) >= 11 is 0. The lowest BCUT2D eigenvalue weighted by Gasteiger charge is -2.08. The van der Waals surface area contributed by atoms with E-state index in [0.29, 0.717) is 5.92 Å². The smallest absolute Gasteiger partial charge is 0.236 e. The first kappa shape index (κ1) is 7.54. The highest BCUT2D eigenvalue weighted by molar-refractivity contribution is 5.81. The average Bonchev–Trinajstić information content (AvgIpc) is 1.96. The fraction of sp³-hybridized carbons (Fsp3) is 0.857. The number of nitrogens with two attached hydrogens (primary N) is 1. The second-order valence-electron chi connectivity index (χ2n) is 3.03. The Morgan fingerprint density at radius 3 is 3.10 bits per heavy atom. The third-order valence-electron chi connectivity index (χ3n) is 1.93. The van der Waals surface area contributed by atoms with Crippen LogP contribution in [-0.2, 0) is 4.79 Å². The molecular formula is C7H14N2O. The zero-order valence-corrected chi connectivity index (χ0v) is 6.26. The van der Waals surface area contributed by atoms with Gasteiger partial charge in [-0.3, -0.25) is 4.79 Å². The Morgan fingerprint density at radius 1 is 1.70 bits per heavy atom. The Hall–Kier alpha value is -0.570. The van der Waals surface area contributed by atoms with E-state index in [-0.39, 0.29) is 11.9 Å². The highest BCUT2D eigenvalue weighted by Gasteiger charge is 2.19. The van der Waals surface area contributed by atoms with Crippen molar-refractivity contribution in [3.8, 4) is 0 Å². The van der Waals surface area contributed by atoms with Crippen LogP contribution in [0.3, 0.4) is 0 Å². The number of amides is 1. The molecule has 3 N–H and O–H groups in total. The molecule has 0 aliphatic carbocycles. The molecule has 1 aliphatic rings. The second kappa shape index (κ2) is 3.01. The summed E-state index contributed by atoms with van der Waals surface area (Å²) < 4.78 is 0. The van der Waals surface area contributed by atoms with E-state index in [0.717, 1.165) is 19.4 Å². The summed E-state index contributed by atoms with van der Waals surface area (Å²) in [5.41, 5.74) is 5.56. The largest absolute Gasteiger partial charge is 0.355 e. The van der Waals surface area contributed by atoms with Gasteiger partial charge in [-0.2, -0.15) is 0 Å². The van der Waals surface area contributed by atoms with Crippen LogP contribution in [0, 0.1) is 5.92 Å². The van der Waals surface area contributed by atoms with Crippen molar-refractivity contribution in [2.45, 2.75) is 25.8 Å². The molecule has 0 aromatic heterocycles. The monoisotopic (exact) mass is 142 g/mol. The molecule has 2 atom stereocenters. The fourth-order valence-electron chi connectivity index (χ4n) is 1.23. The highest BCUT2D eigenvalue weighted by Crippen LogP contribution is 2.11. The van der Waals surface area contributed by atoms with Crippen LogP contribution in [0.5, 0.6) is 0 Å². The lowest BCUT2D eigenvalue weighted by Crippen LogP contribution is -2.38. The summed E-state index contributed by atoms with van der Waals surface area (Å²) in [6.45, 7) is 2.91. The van der Waals surface area contributed by atoms with Crippen LogP contribution in [0.1, 0.15) is 19.8 Å². The Morgan fingerprint density at radius 2 is 2.40 bits per heavy atom. The van der Waals surface area contributed by atoms with Gasteiger partial charge >= 0.3 is 0 Å². The van der Waals surface area contributed by atoms with Gasteiger partial charge in [0.1, 0.15) is 0 Å². The van der Waals surface area contributed by atoms with Crippen LogP contribution in [-0.4, -0.2) is 18.5 Å². The van der Waals surface area contributed by atoms with Crippen molar-refractivity contribution in [1.29, 1.82) is 0 Å². The van der Waals surface area contributed by atoms with E-state index in [2.05, 4.69) is 12.2 Å². The van der Waals surface area contributed by atoms with Crippen LogP contribution in [0.25, 0.3) is 0 Å². The Kier molecular flexibility index (Phi) is 2.27. The van der Waals surface area contributed by atoms with Gasteiger partial charge in [-0.25, -0.2) is 0 Å². The van der Waals surface area contributed by atoms with E-state index in [9.17, 15) is 4.79 Å². The van der Waals surface area contributed by atoms with Crippen molar-refractivity contribution in [1.82, 2.24) is 5.32 Å². The lowest BCUT2D eigenvalue weighted by atomic mass is 10.0. The molecule has 3 heteroatoms.